The van der Waals surface area contributed by atoms with E-state index in [0.717, 1.165) is 0 Å². The second-order valence-electron chi connectivity index (χ2n) is 6.44. The molecule has 0 spiro atoms. The van der Waals surface area contributed by atoms with Crippen LogP contribution in [0.15, 0.2) is 12.8 Å². The number of rotatable bonds is 19. The van der Waals surface area contributed by atoms with Crippen molar-refractivity contribution < 1.29 is 38.0 Å². The van der Waals surface area contributed by atoms with Crippen LogP contribution in [0.4, 0.5) is 0 Å². The van der Waals surface area contributed by atoms with E-state index in [-0.39, 0.29) is 12.4 Å². The maximum atomic E-state index is 11.5. The molecule has 0 atom stereocenters. The highest BCUT2D eigenvalue weighted by molar-refractivity contribution is 5.69. The first-order valence-corrected chi connectivity index (χ1v) is 9.29. The van der Waals surface area contributed by atoms with E-state index in [1.165, 1.54) is 6.26 Å². The number of esters is 1. The van der Waals surface area contributed by atoms with Gasteiger partial charge in [0.05, 0.1) is 78.8 Å². The van der Waals surface area contributed by atoms with E-state index in [1.807, 2.05) is 20.8 Å². The van der Waals surface area contributed by atoms with Crippen LogP contribution in [0.3, 0.4) is 0 Å². The Morgan fingerprint density at radius 3 is 1.44 bits per heavy atom. The topological polar surface area (TPSA) is 81.7 Å². The predicted octanol–water partition coefficient (Wildman–Crippen LogP) is 1.96. The van der Waals surface area contributed by atoms with Gasteiger partial charge in [0.2, 0.25) is 0 Å². The highest BCUT2D eigenvalue weighted by Crippen LogP contribution is 2.07. The molecule has 0 fully saturated rings. The van der Waals surface area contributed by atoms with Crippen molar-refractivity contribution in [1.29, 1.82) is 0 Å². The molecule has 0 rings (SSSR count). The van der Waals surface area contributed by atoms with Crippen LogP contribution >= 0.6 is 0 Å². The summed E-state index contributed by atoms with van der Waals surface area (Å²) in [5.41, 5.74) is -0.459. The third kappa shape index (κ3) is 22.8. The molecule has 0 aliphatic rings. The number of carbonyl (C=O) groups excluding carboxylic acids is 1. The van der Waals surface area contributed by atoms with Gasteiger partial charge >= 0.3 is 5.97 Å². The fourth-order valence-electron chi connectivity index (χ4n) is 1.72. The molecule has 0 saturated carbocycles. The molecule has 0 unspecified atom stereocenters. The van der Waals surface area contributed by atoms with E-state index < -0.39 is 5.60 Å². The number of hydrogen-bond donors (Lipinski definition) is 0. The van der Waals surface area contributed by atoms with Gasteiger partial charge in [-0.15, -0.1) is 0 Å². The summed E-state index contributed by atoms with van der Waals surface area (Å²) in [4.78, 5) is 11.5. The largest absolute Gasteiger partial charge is 0.499 e. The number of hydrogen-bond acceptors (Lipinski definition) is 8. The Balaban J connectivity index is 3.13. The van der Waals surface area contributed by atoms with Crippen LogP contribution in [0.5, 0.6) is 0 Å². The molecule has 0 radical (unpaired) electrons. The molecule has 0 aromatic heterocycles. The smallest absolute Gasteiger partial charge is 0.308 e. The fourth-order valence-corrected chi connectivity index (χ4v) is 1.72. The van der Waals surface area contributed by atoms with E-state index in [9.17, 15) is 4.79 Å². The summed E-state index contributed by atoms with van der Waals surface area (Å²) in [5, 5.41) is 0. The molecule has 0 saturated heterocycles. The minimum Gasteiger partial charge on any atom is -0.499 e. The van der Waals surface area contributed by atoms with E-state index in [2.05, 4.69) is 6.58 Å². The minimum absolute atomic E-state index is 0.244. The quantitative estimate of drug-likeness (QED) is 0.187. The zero-order valence-electron chi connectivity index (χ0n) is 17.0. The summed E-state index contributed by atoms with van der Waals surface area (Å²) in [5.74, 6) is -0.257. The van der Waals surface area contributed by atoms with E-state index >= 15 is 0 Å². The summed E-state index contributed by atoms with van der Waals surface area (Å²) in [6.07, 6.45) is 1.63. The standard InChI is InChI=1S/C19H36O8/c1-5-21-8-9-23-12-13-25-16-17-26-15-14-24-11-10-22-7-6-18(20)27-19(2,3)4/h5H,1,6-17H2,2-4H3. The third-order valence-corrected chi connectivity index (χ3v) is 2.82. The van der Waals surface area contributed by atoms with Gasteiger partial charge in [0.1, 0.15) is 12.2 Å². The molecule has 0 aromatic carbocycles. The minimum atomic E-state index is -0.459. The molecular weight excluding hydrogens is 356 g/mol. The summed E-state index contributed by atoms with van der Waals surface area (Å²) in [6.45, 7) is 14.3. The Kier molecular flexibility index (Phi) is 17.4. The highest BCUT2D eigenvalue weighted by atomic mass is 16.6. The predicted molar refractivity (Wildman–Crippen MR) is 101 cm³/mol. The van der Waals surface area contributed by atoms with Crippen molar-refractivity contribution in [2.75, 3.05) is 72.7 Å². The Bertz CT molecular complexity index is 354. The number of carbonyl (C=O) groups is 1. The Labute approximate surface area is 163 Å². The van der Waals surface area contributed by atoms with Crippen molar-refractivity contribution in [3.05, 3.63) is 12.8 Å². The molecule has 0 amide bonds. The van der Waals surface area contributed by atoms with E-state index in [1.54, 1.807) is 0 Å². The van der Waals surface area contributed by atoms with Crippen molar-refractivity contribution in [3.63, 3.8) is 0 Å². The van der Waals surface area contributed by atoms with E-state index in [0.29, 0.717) is 72.7 Å². The monoisotopic (exact) mass is 392 g/mol. The maximum absolute atomic E-state index is 11.5. The fraction of sp³-hybridized carbons (Fsp3) is 0.842. The van der Waals surface area contributed by atoms with Gasteiger partial charge < -0.3 is 33.2 Å². The summed E-state index contributed by atoms with van der Waals surface area (Å²) in [6, 6.07) is 0. The van der Waals surface area contributed by atoms with Crippen molar-refractivity contribution in [2.24, 2.45) is 0 Å². The maximum Gasteiger partial charge on any atom is 0.308 e. The second kappa shape index (κ2) is 18.2. The van der Waals surface area contributed by atoms with Crippen LogP contribution in [0, 0.1) is 0 Å². The molecule has 0 aromatic rings. The molecule has 27 heavy (non-hydrogen) atoms. The second-order valence-corrected chi connectivity index (χ2v) is 6.44. The van der Waals surface area contributed by atoms with Gasteiger partial charge in [0.15, 0.2) is 0 Å². The third-order valence-electron chi connectivity index (χ3n) is 2.82. The lowest BCUT2D eigenvalue weighted by Crippen LogP contribution is -2.24. The molecule has 160 valence electrons. The lowest BCUT2D eigenvalue weighted by Gasteiger charge is -2.19. The van der Waals surface area contributed by atoms with Crippen molar-refractivity contribution >= 4 is 5.97 Å². The summed E-state index contributed by atoms with van der Waals surface area (Å²) in [7, 11) is 0. The molecule has 0 aliphatic carbocycles. The van der Waals surface area contributed by atoms with Gasteiger partial charge in [-0.1, -0.05) is 6.58 Å². The Morgan fingerprint density at radius 1 is 0.704 bits per heavy atom. The highest BCUT2D eigenvalue weighted by Gasteiger charge is 2.15. The normalized spacial score (nSPS) is 11.4. The molecule has 8 heteroatoms. The van der Waals surface area contributed by atoms with Crippen LogP contribution < -0.4 is 0 Å². The van der Waals surface area contributed by atoms with Crippen LogP contribution in [-0.2, 0) is 38.0 Å². The van der Waals surface area contributed by atoms with Gasteiger partial charge in [-0.05, 0) is 20.8 Å². The molecule has 8 nitrogen and oxygen atoms in total. The SMILES string of the molecule is C=COCCOCCOCCOCCOCCOCCC(=O)OC(C)(C)C. The van der Waals surface area contributed by atoms with Crippen LogP contribution in [0.2, 0.25) is 0 Å². The van der Waals surface area contributed by atoms with Gasteiger partial charge in [0, 0.05) is 0 Å². The van der Waals surface area contributed by atoms with Crippen molar-refractivity contribution in [1.82, 2.24) is 0 Å². The van der Waals surface area contributed by atoms with Crippen molar-refractivity contribution in [2.45, 2.75) is 32.8 Å². The average molecular weight is 392 g/mol. The molecule has 0 aliphatic heterocycles. The van der Waals surface area contributed by atoms with E-state index in [4.69, 9.17) is 33.2 Å². The lowest BCUT2D eigenvalue weighted by molar-refractivity contribution is -0.156. The first-order chi connectivity index (χ1) is 13.0. The molecule has 0 heterocycles. The van der Waals surface area contributed by atoms with Gasteiger partial charge in [0.25, 0.3) is 0 Å². The summed E-state index contributed by atoms with van der Waals surface area (Å²) >= 11 is 0. The molecule has 0 N–H and O–H groups in total. The van der Waals surface area contributed by atoms with Gasteiger partial charge in [-0.2, -0.15) is 0 Å². The average Bonchev–Trinajstić information content (AvgIpc) is 2.59. The zero-order chi connectivity index (χ0) is 20.2. The molecule has 0 bridgehead atoms. The first kappa shape index (κ1) is 25.8. The lowest BCUT2D eigenvalue weighted by atomic mass is 10.2. The van der Waals surface area contributed by atoms with Crippen LogP contribution in [0.1, 0.15) is 27.2 Å². The van der Waals surface area contributed by atoms with Gasteiger partial charge in [-0.25, -0.2) is 0 Å². The zero-order valence-corrected chi connectivity index (χ0v) is 17.0. The number of ether oxygens (including phenoxy) is 7. The van der Waals surface area contributed by atoms with Crippen LogP contribution in [-0.4, -0.2) is 84.2 Å². The first-order valence-electron chi connectivity index (χ1n) is 9.29. The molecular formula is C19H36O8. The van der Waals surface area contributed by atoms with Gasteiger partial charge in [-0.3, -0.25) is 4.79 Å². The Morgan fingerprint density at radius 2 is 1.07 bits per heavy atom. The van der Waals surface area contributed by atoms with Crippen LogP contribution in [0.25, 0.3) is 0 Å². The Hall–Kier alpha value is -1.19. The van der Waals surface area contributed by atoms with Crippen molar-refractivity contribution in [3.8, 4) is 0 Å². The summed E-state index contributed by atoms with van der Waals surface area (Å²) < 4.78 is 36.8.